The zero-order valence-corrected chi connectivity index (χ0v) is 9.54. The van der Waals surface area contributed by atoms with E-state index < -0.39 is 11.5 Å². The van der Waals surface area contributed by atoms with Gasteiger partial charge in [-0.25, -0.2) is 0 Å². The molecule has 0 unspecified atom stereocenters. The van der Waals surface area contributed by atoms with Gasteiger partial charge < -0.3 is 10.5 Å². The van der Waals surface area contributed by atoms with E-state index in [0.29, 0.717) is 5.02 Å². The topological polar surface area (TPSA) is 52.3 Å². The molecule has 0 saturated heterocycles. The summed E-state index contributed by atoms with van der Waals surface area (Å²) in [6.07, 6.45) is 0. The van der Waals surface area contributed by atoms with Gasteiger partial charge in [0.1, 0.15) is 12.1 Å². The van der Waals surface area contributed by atoms with Crippen LogP contribution in [0.25, 0.3) is 0 Å². The van der Waals surface area contributed by atoms with Crippen molar-refractivity contribution in [2.75, 3.05) is 0 Å². The fraction of sp³-hybridized carbons (Fsp3) is 0.364. The van der Waals surface area contributed by atoms with Gasteiger partial charge in [0, 0.05) is 10.6 Å². The Morgan fingerprint density at radius 2 is 2.07 bits per heavy atom. The number of ether oxygens (including phenoxy) is 1. The molecule has 0 amide bonds. The quantitative estimate of drug-likeness (QED) is 0.805. The average Bonchev–Trinajstić information content (AvgIpc) is 2.14. The van der Waals surface area contributed by atoms with Gasteiger partial charge in [-0.1, -0.05) is 29.8 Å². The lowest BCUT2D eigenvalue weighted by Gasteiger charge is -2.16. The van der Waals surface area contributed by atoms with Gasteiger partial charge in [0.2, 0.25) is 0 Å². The maximum Gasteiger partial charge on any atom is 0.325 e. The van der Waals surface area contributed by atoms with Crippen LogP contribution in [0.1, 0.15) is 19.4 Å². The molecule has 1 aromatic carbocycles. The first-order chi connectivity index (χ1) is 6.91. The zero-order valence-electron chi connectivity index (χ0n) is 8.79. The molecule has 3 nitrogen and oxygen atoms in total. The SMILES string of the molecule is CC(C)(N)C(=O)OCc1ccccc1Cl. The van der Waals surface area contributed by atoms with Gasteiger partial charge in [-0.2, -0.15) is 0 Å². The van der Waals surface area contributed by atoms with E-state index in [9.17, 15) is 4.79 Å². The molecule has 0 saturated carbocycles. The van der Waals surface area contributed by atoms with Crippen LogP contribution in [0.5, 0.6) is 0 Å². The number of rotatable bonds is 3. The van der Waals surface area contributed by atoms with Crippen molar-refractivity contribution in [1.29, 1.82) is 0 Å². The summed E-state index contributed by atoms with van der Waals surface area (Å²) in [5.74, 6) is -0.442. The zero-order chi connectivity index (χ0) is 11.5. The predicted molar refractivity (Wildman–Crippen MR) is 59.5 cm³/mol. The summed E-state index contributed by atoms with van der Waals surface area (Å²) in [7, 11) is 0. The molecule has 2 N–H and O–H groups in total. The molecule has 15 heavy (non-hydrogen) atoms. The molecular weight excluding hydrogens is 214 g/mol. The maximum atomic E-state index is 11.4. The molecule has 0 radical (unpaired) electrons. The fourth-order valence-electron chi connectivity index (χ4n) is 0.945. The van der Waals surface area contributed by atoms with E-state index in [0.717, 1.165) is 5.56 Å². The van der Waals surface area contributed by atoms with Gasteiger partial charge in [-0.15, -0.1) is 0 Å². The van der Waals surface area contributed by atoms with Crippen molar-refractivity contribution in [3.63, 3.8) is 0 Å². The summed E-state index contributed by atoms with van der Waals surface area (Å²) < 4.78 is 5.02. The third kappa shape index (κ3) is 3.53. The molecule has 82 valence electrons. The molecule has 1 aromatic rings. The minimum Gasteiger partial charge on any atom is -0.459 e. The van der Waals surface area contributed by atoms with E-state index in [-0.39, 0.29) is 6.61 Å². The Morgan fingerprint density at radius 1 is 1.47 bits per heavy atom. The molecule has 0 aliphatic heterocycles. The van der Waals surface area contributed by atoms with Crippen LogP contribution >= 0.6 is 11.6 Å². The average molecular weight is 228 g/mol. The van der Waals surface area contributed by atoms with Crippen molar-refractivity contribution in [1.82, 2.24) is 0 Å². The van der Waals surface area contributed by atoms with E-state index in [1.165, 1.54) is 0 Å². The van der Waals surface area contributed by atoms with Crippen molar-refractivity contribution < 1.29 is 9.53 Å². The minimum absolute atomic E-state index is 0.152. The second-order valence-electron chi connectivity index (χ2n) is 3.89. The normalized spacial score (nSPS) is 11.2. The van der Waals surface area contributed by atoms with E-state index in [1.807, 2.05) is 12.1 Å². The molecule has 1 rings (SSSR count). The van der Waals surface area contributed by atoms with Crippen molar-refractivity contribution in [3.05, 3.63) is 34.9 Å². The number of esters is 1. The number of carbonyl (C=O) groups is 1. The number of benzene rings is 1. The Balaban J connectivity index is 2.59. The first-order valence-electron chi connectivity index (χ1n) is 4.61. The molecule has 0 aliphatic carbocycles. The number of hydrogen-bond acceptors (Lipinski definition) is 3. The lowest BCUT2D eigenvalue weighted by Crippen LogP contribution is -2.42. The third-order valence-corrected chi connectivity index (χ3v) is 2.21. The Morgan fingerprint density at radius 3 is 2.60 bits per heavy atom. The molecule has 0 atom stereocenters. The number of halogens is 1. The monoisotopic (exact) mass is 227 g/mol. The largest absolute Gasteiger partial charge is 0.459 e. The summed E-state index contributed by atoms with van der Waals surface area (Å²) >= 11 is 5.90. The van der Waals surface area contributed by atoms with Crippen molar-refractivity contribution in [3.8, 4) is 0 Å². The van der Waals surface area contributed by atoms with Gasteiger partial charge in [-0.05, 0) is 19.9 Å². The van der Waals surface area contributed by atoms with Gasteiger partial charge >= 0.3 is 5.97 Å². The third-order valence-electron chi connectivity index (χ3n) is 1.84. The van der Waals surface area contributed by atoms with Gasteiger partial charge in [0.05, 0.1) is 0 Å². The summed E-state index contributed by atoms with van der Waals surface area (Å²) in [5.41, 5.74) is 5.38. The Labute approximate surface area is 94.2 Å². The van der Waals surface area contributed by atoms with Crippen LogP contribution in [-0.2, 0) is 16.1 Å². The van der Waals surface area contributed by atoms with E-state index in [2.05, 4.69) is 0 Å². The molecule has 0 aromatic heterocycles. The Hall–Kier alpha value is -1.06. The van der Waals surface area contributed by atoms with Crippen molar-refractivity contribution >= 4 is 17.6 Å². The molecule has 0 aliphatic rings. The van der Waals surface area contributed by atoms with E-state index in [1.54, 1.807) is 26.0 Å². The van der Waals surface area contributed by atoms with Gasteiger partial charge in [0.25, 0.3) is 0 Å². The number of hydrogen-bond donors (Lipinski definition) is 1. The van der Waals surface area contributed by atoms with E-state index in [4.69, 9.17) is 22.1 Å². The second-order valence-corrected chi connectivity index (χ2v) is 4.30. The molecular formula is C11H14ClNO2. The highest BCUT2D eigenvalue weighted by Gasteiger charge is 2.23. The predicted octanol–water partition coefficient (Wildman–Crippen LogP) is 2.12. The number of nitrogens with two attached hydrogens (primary N) is 1. The molecule has 4 heteroatoms. The lowest BCUT2D eigenvalue weighted by atomic mass is 10.1. The Bertz CT molecular complexity index is 358. The van der Waals surface area contributed by atoms with Crippen LogP contribution in [-0.4, -0.2) is 11.5 Å². The van der Waals surface area contributed by atoms with Crippen LogP contribution in [0.4, 0.5) is 0 Å². The van der Waals surface area contributed by atoms with E-state index >= 15 is 0 Å². The highest BCUT2D eigenvalue weighted by molar-refractivity contribution is 6.31. The Kier molecular flexibility index (Phi) is 3.72. The molecule has 0 spiro atoms. The lowest BCUT2D eigenvalue weighted by molar-refractivity contribution is -0.150. The molecule has 0 fully saturated rings. The fourth-order valence-corrected chi connectivity index (χ4v) is 1.14. The van der Waals surface area contributed by atoms with Gasteiger partial charge in [-0.3, -0.25) is 4.79 Å². The molecule has 0 bridgehead atoms. The summed E-state index contributed by atoms with van der Waals surface area (Å²) in [6.45, 7) is 3.35. The number of carbonyl (C=O) groups excluding carboxylic acids is 1. The maximum absolute atomic E-state index is 11.4. The highest BCUT2D eigenvalue weighted by atomic mass is 35.5. The highest BCUT2D eigenvalue weighted by Crippen LogP contribution is 2.16. The summed E-state index contributed by atoms with van der Waals surface area (Å²) in [4.78, 5) is 11.4. The van der Waals surface area contributed by atoms with Crippen LogP contribution in [0, 0.1) is 0 Å². The van der Waals surface area contributed by atoms with Crippen LogP contribution in [0.15, 0.2) is 24.3 Å². The van der Waals surface area contributed by atoms with Crippen molar-refractivity contribution in [2.45, 2.75) is 26.0 Å². The van der Waals surface area contributed by atoms with Gasteiger partial charge in [0.15, 0.2) is 0 Å². The first-order valence-corrected chi connectivity index (χ1v) is 4.98. The van der Waals surface area contributed by atoms with Crippen molar-refractivity contribution in [2.24, 2.45) is 5.73 Å². The van der Waals surface area contributed by atoms with Crippen LogP contribution in [0.3, 0.4) is 0 Å². The first kappa shape index (κ1) is 12.0. The smallest absolute Gasteiger partial charge is 0.325 e. The second kappa shape index (κ2) is 4.64. The summed E-state index contributed by atoms with van der Waals surface area (Å²) in [6, 6.07) is 7.21. The van der Waals surface area contributed by atoms with Crippen LogP contribution in [0.2, 0.25) is 5.02 Å². The standard InChI is InChI=1S/C11H14ClNO2/c1-11(2,13)10(14)15-7-8-5-3-4-6-9(8)12/h3-6H,7,13H2,1-2H3. The van der Waals surface area contributed by atoms with Crippen LogP contribution < -0.4 is 5.73 Å². The molecule has 0 heterocycles. The minimum atomic E-state index is -0.971. The summed E-state index contributed by atoms with van der Waals surface area (Å²) in [5, 5.41) is 0.583.